The van der Waals surface area contributed by atoms with Gasteiger partial charge in [0.1, 0.15) is 6.10 Å². The Labute approximate surface area is 112 Å². The molecule has 0 aromatic heterocycles. The van der Waals surface area contributed by atoms with Gasteiger partial charge < -0.3 is 14.2 Å². The first-order chi connectivity index (χ1) is 9.24. The lowest BCUT2D eigenvalue weighted by Crippen LogP contribution is -2.39. The second-order valence-corrected chi connectivity index (χ2v) is 5.16. The molecule has 2 aliphatic heterocycles. The number of carbonyl (C=O) groups is 1. The van der Waals surface area contributed by atoms with E-state index in [0.29, 0.717) is 12.2 Å². The van der Waals surface area contributed by atoms with Crippen molar-refractivity contribution in [2.45, 2.75) is 38.1 Å². The number of aryl methyl sites for hydroxylation is 1. The molecule has 2 saturated heterocycles. The van der Waals surface area contributed by atoms with Crippen LogP contribution < -0.4 is 0 Å². The number of rotatable bonds is 2. The fourth-order valence-corrected chi connectivity index (χ4v) is 2.61. The maximum atomic E-state index is 12.1. The van der Waals surface area contributed by atoms with Crippen LogP contribution in [0.25, 0.3) is 0 Å². The average molecular weight is 262 g/mol. The summed E-state index contributed by atoms with van der Waals surface area (Å²) in [6.45, 7) is 3.15. The fraction of sp³-hybridized carbons (Fsp3) is 0.533. The Morgan fingerprint density at radius 3 is 2.84 bits per heavy atom. The monoisotopic (exact) mass is 262 g/mol. The lowest BCUT2D eigenvalue weighted by atomic mass is 10.0. The molecular formula is C15H18O4. The Morgan fingerprint density at radius 2 is 2.05 bits per heavy atom. The lowest BCUT2D eigenvalue weighted by molar-refractivity contribution is -0.0737. The third-order valence-electron chi connectivity index (χ3n) is 3.70. The molecule has 1 aromatic carbocycles. The minimum Gasteiger partial charge on any atom is -0.453 e. The number of ether oxygens (including phenoxy) is 3. The fourth-order valence-electron chi connectivity index (χ4n) is 2.61. The van der Waals surface area contributed by atoms with Crippen LogP contribution in [0.15, 0.2) is 24.3 Å². The van der Waals surface area contributed by atoms with Crippen LogP contribution in [0.3, 0.4) is 0 Å². The molecule has 3 rings (SSSR count). The van der Waals surface area contributed by atoms with Crippen molar-refractivity contribution in [1.29, 1.82) is 0 Å². The Morgan fingerprint density at radius 1 is 1.26 bits per heavy atom. The average Bonchev–Trinajstić information content (AvgIpc) is 2.83. The number of hydrogen-bond acceptors (Lipinski definition) is 4. The summed E-state index contributed by atoms with van der Waals surface area (Å²) in [6, 6.07) is 7.38. The molecule has 3 atom stereocenters. The molecule has 2 aliphatic rings. The number of carbonyl (C=O) groups excluding carboxylic acids is 1. The van der Waals surface area contributed by atoms with E-state index in [-0.39, 0.29) is 24.3 Å². The van der Waals surface area contributed by atoms with E-state index in [0.717, 1.165) is 25.0 Å². The zero-order valence-electron chi connectivity index (χ0n) is 11.0. The van der Waals surface area contributed by atoms with Crippen molar-refractivity contribution in [2.75, 3.05) is 13.2 Å². The van der Waals surface area contributed by atoms with Crippen molar-refractivity contribution in [3.8, 4) is 0 Å². The summed E-state index contributed by atoms with van der Waals surface area (Å²) in [7, 11) is 0. The second kappa shape index (κ2) is 5.31. The normalized spacial score (nSPS) is 29.8. The van der Waals surface area contributed by atoms with Gasteiger partial charge in [-0.3, -0.25) is 0 Å². The predicted molar refractivity (Wildman–Crippen MR) is 69.1 cm³/mol. The van der Waals surface area contributed by atoms with Gasteiger partial charge in [0.2, 0.25) is 0 Å². The van der Waals surface area contributed by atoms with E-state index in [9.17, 15) is 4.79 Å². The molecule has 0 aliphatic carbocycles. The van der Waals surface area contributed by atoms with Gasteiger partial charge in [0.25, 0.3) is 0 Å². The van der Waals surface area contributed by atoms with Crippen LogP contribution >= 0.6 is 0 Å². The van der Waals surface area contributed by atoms with Crippen molar-refractivity contribution in [3.63, 3.8) is 0 Å². The summed E-state index contributed by atoms with van der Waals surface area (Å²) in [5, 5.41) is 0. The van der Waals surface area contributed by atoms with Crippen LogP contribution in [-0.2, 0) is 14.2 Å². The van der Waals surface area contributed by atoms with Gasteiger partial charge in [-0.2, -0.15) is 0 Å². The first kappa shape index (κ1) is 12.6. The van der Waals surface area contributed by atoms with Crippen LogP contribution in [0, 0.1) is 6.92 Å². The zero-order valence-corrected chi connectivity index (χ0v) is 11.0. The van der Waals surface area contributed by atoms with E-state index in [1.807, 2.05) is 19.1 Å². The molecule has 19 heavy (non-hydrogen) atoms. The topological polar surface area (TPSA) is 44.8 Å². The standard InChI is InChI=1S/C15H18O4/c1-10-4-6-11(7-5-10)15(16)19-13-9-18-12-3-2-8-17-14(12)13/h4-7,12-14H,2-3,8-9H2,1H3/t12-,13-,14+/m1/s1. The van der Waals surface area contributed by atoms with Crippen molar-refractivity contribution in [1.82, 2.24) is 0 Å². The third-order valence-corrected chi connectivity index (χ3v) is 3.70. The van der Waals surface area contributed by atoms with Gasteiger partial charge in [-0.05, 0) is 31.9 Å². The molecular weight excluding hydrogens is 244 g/mol. The highest BCUT2D eigenvalue weighted by molar-refractivity contribution is 5.89. The van der Waals surface area contributed by atoms with E-state index in [4.69, 9.17) is 14.2 Å². The van der Waals surface area contributed by atoms with Gasteiger partial charge in [0.15, 0.2) is 6.10 Å². The molecule has 0 unspecified atom stereocenters. The minimum atomic E-state index is -0.302. The van der Waals surface area contributed by atoms with Crippen LogP contribution in [0.1, 0.15) is 28.8 Å². The molecule has 0 spiro atoms. The van der Waals surface area contributed by atoms with Crippen molar-refractivity contribution in [3.05, 3.63) is 35.4 Å². The quantitative estimate of drug-likeness (QED) is 0.766. The first-order valence-electron chi connectivity index (χ1n) is 6.75. The highest BCUT2D eigenvalue weighted by Crippen LogP contribution is 2.28. The Hall–Kier alpha value is -1.39. The molecule has 0 radical (unpaired) electrons. The van der Waals surface area contributed by atoms with E-state index >= 15 is 0 Å². The van der Waals surface area contributed by atoms with Gasteiger partial charge >= 0.3 is 5.97 Å². The summed E-state index contributed by atoms with van der Waals surface area (Å²) in [4.78, 5) is 12.1. The van der Waals surface area contributed by atoms with Gasteiger partial charge in [-0.25, -0.2) is 4.79 Å². The molecule has 2 heterocycles. The molecule has 102 valence electrons. The first-order valence-corrected chi connectivity index (χ1v) is 6.75. The van der Waals surface area contributed by atoms with Gasteiger partial charge in [0, 0.05) is 6.61 Å². The number of esters is 1. The second-order valence-electron chi connectivity index (χ2n) is 5.16. The van der Waals surface area contributed by atoms with Crippen LogP contribution in [0.4, 0.5) is 0 Å². The number of benzene rings is 1. The maximum Gasteiger partial charge on any atom is 0.338 e. The third kappa shape index (κ3) is 2.65. The largest absolute Gasteiger partial charge is 0.453 e. The molecule has 0 N–H and O–H groups in total. The molecule has 0 saturated carbocycles. The summed E-state index contributed by atoms with van der Waals surface area (Å²) in [6.07, 6.45) is 1.72. The van der Waals surface area contributed by atoms with Crippen molar-refractivity contribution in [2.24, 2.45) is 0 Å². The molecule has 2 fully saturated rings. The number of fused-ring (bicyclic) bond motifs is 1. The zero-order chi connectivity index (χ0) is 13.2. The highest BCUT2D eigenvalue weighted by Gasteiger charge is 2.42. The van der Waals surface area contributed by atoms with E-state index < -0.39 is 0 Å². The van der Waals surface area contributed by atoms with E-state index in [1.54, 1.807) is 12.1 Å². The Balaban J connectivity index is 1.65. The summed E-state index contributed by atoms with van der Waals surface area (Å²) in [5.41, 5.74) is 1.70. The molecule has 0 bridgehead atoms. The number of hydrogen-bond donors (Lipinski definition) is 0. The predicted octanol–water partition coefficient (Wildman–Crippen LogP) is 2.10. The molecule has 4 nitrogen and oxygen atoms in total. The van der Waals surface area contributed by atoms with E-state index in [1.165, 1.54) is 0 Å². The summed E-state index contributed by atoms with van der Waals surface area (Å²) in [5.74, 6) is -0.302. The van der Waals surface area contributed by atoms with Crippen molar-refractivity contribution < 1.29 is 19.0 Å². The minimum absolute atomic E-state index is 0.0876. The highest BCUT2D eigenvalue weighted by atomic mass is 16.6. The molecule has 1 aromatic rings. The van der Waals surface area contributed by atoms with Gasteiger partial charge in [0.05, 0.1) is 18.3 Å². The molecule has 4 heteroatoms. The Kier molecular flexibility index (Phi) is 3.53. The van der Waals surface area contributed by atoms with Crippen molar-refractivity contribution >= 4 is 5.97 Å². The van der Waals surface area contributed by atoms with Gasteiger partial charge in [-0.1, -0.05) is 17.7 Å². The smallest absolute Gasteiger partial charge is 0.338 e. The molecule has 0 amide bonds. The Bertz CT molecular complexity index is 454. The van der Waals surface area contributed by atoms with Gasteiger partial charge in [-0.15, -0.1) is 0 Å². The maximum absolute atomic E-state index is 12.1. The van der Waals surface area contributed by atoms with E-state index in [2.05, 4.69) is 0 Å². The SMILES string of the molecule is Cc1ccc(C(=O)O[C@@H]2CO[C@@H]3CCCO[C@@H]32)cc1. The lowest BCUT2D eigenvalue weighted by Gasteiger charge is -2.27. The van der Waals surface area contributed by atoms with Crippen LogP contribution in [0.2, 0.25) is 0 Å². The van der Waals surface area contributed by atoms with Crippen LogP contribution in [0.5, 0.6) is 0 Å². The summed E-state index contributed by atoms with van der Waals surface area (Å²) < 4.78 is 16.8. The summed E-state index contributed by atoms with van der Waals surface area (Å²) >= 11 is 0. The van der Waals surface area contributed by atoms with Crippen LogP contribution in [-0.4, -0.2) is 37.5 Å².